The minimum Gasteiger partial charge on any atom is -1.00 e. The maximum atomic E-state index is 4.81. The molecular formula is CH3Cl3Mg. The van der Waals surface area contributed by atoms with Crippen LogP contribution in [0.15, 0.2) is 0 Å². The standard InChI is InChI=1S/CHCl3.Mg.2H/c2-1(3)4;;;/h1H;;;/q;+2;2*-1. The van der Waals surface area contributed by atoms with Crippen molar-refractivity contribution < 1.29 is 2.85 Å². The van der Waals surface area contributed by atoms with E-state index in [-0.39, 0.29) is 25.9 Å². The summed E-state index contributed by atoms with van der Waals surface area (Å²) in [5.41, 5.74) is 0. The van der Waals surface area contributed by atoms with Gasteiger partial charge < -0.3 is 2.85 Å². The van der Waals surface area contributed by atoms with Crippen molar-refractivity contribution in [2.24, 2.45) is 0 Å². The summed E-state index contributed by atoms with van der Waals surface area (Å²) in [6, 6.07) is 0. The third kappa shape index (κ3) is 27.8. The van der Waals surface area contributed by atoms with Gasteiger partial charge in [0, 0.05) is 0 Å². The molecular weight excluding hydrogens is 143 g/mol. The van der Waals surface area contributed by atoms with Crippen molar-refractivity contribution >= 4 is 57.9 Å². The molecule has 0 aliphatic heterocycles. The maximum Gasteiger partial charge on any atom is 2.00 e. The van der Waals surface area contributed by atoms with Gasteiger partial charge in [-0.05, 0) is 0 Å². The zero-order valence-corrected chi connectivity index (χ0v) is 6.10. The van der Waals surface area contributed by atoms with E-state index in [1.807, 2.05) is 0 Å². The Balaban J connectivity index is -0.0000000150. The predicted octanol–water partition coefficient (Wildman–Crippen LogP) is 1.83. The van der Waals surface area contributed by atoms with Gasteiger partial charge in [0.05, 0.1) is 0 Å². The van der Waals surface area contributed by atoms with Gasteiger partial charge >= 0.3 is 23.1 Å². The molecule has 0 N–H and O–H groups in total. The number of alkyl halides is 3. The van der Waals surface area contributed by atoms with E-state index < -0.39 is 4.30 Å². The molecule has 0 unspecified atom stereocenters. The van der Waals surface area contributed by atoms with Gasteiger partial charge in [-0.2, -0.15) is 0 Å². The smallest absolute Gasteiger partial charge is 1.00 e. The molecule has 0 atom stereocenters. The Morgan fingerprint density at radius 2 is 1.20 bits per heavy atom. The Morgan fingerprint density at radius 3 is 1.20 bits per heavy atom. The molecule has 0 amide bonds. The van der Waals surface area contributed by atoms with Crippen molar-refractivity contribution in [3.8, 4) is 0 Å². The fraction of sp³-hybridized carbons (Fsp3) is 1.00. The van der Waals surface area contributed by atoms with Gasteiger partial charge in [0.25, 0.3) is 0 Å². The molecule has 0 saturated carbocycles. The van der Waals surface area contributed by atoms with Crippen LogP contribution < -0.4 is 0 Å². The van der Waals surface area contributed by atoms with E-state index in [1.54, 1.807) is 0 Å². The summed E-state index contributed by atoms with van der Waals surface area (Å²) in [6.45, 7) is 0. The van der Waals surface area contributed by atoms with Crippen LogP contribution >= 0.6 is 34.8 Å². The van der Waals surface area contributed by atoms with Crippen LogP contribution in [-0.2, 0) is 0 Å². The summed E-state index contributed by atoms with van der Waals surface area (Å²) >= 11 is 14.4. The zero-order valence-electron chi connectivity index (χ0n) is 4.42. The normalized spacial score (nSPS) is 7.20. The van der Waals surface area contributed by atoms with Gasteiger partial charge in [-0.3, -0.25) is 0 Å². The van der Waals surface area contributed by atoms with Crippen molar-refractivity contribution in [1.82, 2.24) is 0 Å². The summed E-state index contributed by atoms with van der Waals surface area (Å²) in [5, 5.41) is 0. The summed E-state index contributed by atoms with van der Waals surface area (Å²) in [4.78, 5) is 0. The molecule has 0 aromatic carbocycles. The average Bonchev–Trinajstić information content (AvgIpc) is 0.811. The van der Waals surface area contributed by atoms with Gasteiger partial charge in [0.2, 0.25) is 0 Å². The topological polar surface area (TPSA) is 0 Å². The summed E-state index contributed by atoms with van der Waals surface area (Å²) in [7, 11) is 0. The van der Waals surface area contributed by atoms with Crippen molar-refractivity contribution in [2.45, 2.75) is 4.30 Å². The van der Waals surface area contributed by atoms with Gasteiger partial charge in [0.15, 0.2) is 4.30 Å². The van der Waals surface area contributed by atoms with E-state index >= 15 is 0 Å². The fourth-order valence-corrected chi connectivity index (χ4v) is 0. The van der Waals surface area contributed by atoms with Gasteiger partial charge in [-0.15, -0.1) is 0 Å². The maximum absolute atomic E-state index is 4.81. The third-order valence-corrected chi connectivity index (χ3v) is 0. The molecule has 0 radical (unpaired) electrons. The van der Waals surface area contributed by atoms with Crippen molar-refractivity contribution in [3.63, 3.8) is 0 Å². The van der Waals surface area contributed by atoms with Crippen molar-refractivity contribution in [2.75, 3.05) is 0 Å². The minimum atomic E-state index is -0.750. The summed E-state index contributed by atoms with van der Waals surface area (Å²) in [5.74, 6) is 0. The van der Waals surface area contributed by atoms with E-state index in [2.05, 4.69) is 0 Å². The van der Waals surface area contributed by atoms with Crippen LogP contribution in [0.1, 0.15) is 2.85 Å². The Labute approximate surface area is 64.9 Å². The summed E-state index contributed by atoms with van der Waals surface area (Å²) in [6.07, 6.45) is 0. The Morgan fingerprint density at radius 1 is 1.20 bits per heavy atom. The van der Waals surface area contributed by atoms with Crippen LogP contribution in [0.3, 0.4) is 0 Å². The first-order valence-electron chi connectivity index (χ1n) is 0.655. The first-order chi connectivity index (χ1) is 1.73. The minimum absolute atomic E-state index is 0. The monoisotopic (exact) mass is 144 g/mol. The fourth-order valence-electron chi connectivity index (χ4n) is 0. The molecule has 0 aliphatic rings. The molecule has 0 rings (SSSR count). The number of hydrogen-bond donors (Lipinski definition) is 0. The predicted molar refractivity (Wildman–Crippen MR) is 29.3 cm³/mol. The number of halogens is 3. The molecule has 0 nitrogen and oxygen atoms in total. The van der Waals surface area contributed by atoms with Crippen LogP contribution in [0.25, 0.3) is 0 Å². The zero-order chi connectivity index (χ0) is 3.58. The van der Waals surface area contributed by atoms with E-state index in [9.17, 15) is 0 Å². The molecule has 0 aromatic rings. The van der Waals surface area contributed by atoms with Crippen LogP contribution in [0, 0.1) is 0 Å². The van der Waals surface area contributed by atoms with Crippen LogP contribution in [0.4, 0.5) is 0 Å². The second-order valence-corrected chi connectivity index (χ2v) is 2.23. The SMILES string of the molecule is ClC(Cl)Cl.[H-].[H-].[Mg+2]. The Kier molecular flexibility index (Phi) is 11.1. The summed E-state index contributed by atoms with van der Waals surface area (Å²) < 4.78 is -0.750. The Hall–Kier alpha value is 1.64. The second kappa shape index (κ2) is 5.64. The van der Waals surface area contributed by atoms with E-state index in [0.717, 1.165) is 0 Å². The van der Waals surface area contributed by atoms with Crippen molar-refractivity contribution in [1.29, 1.82) is 0 Å². The quantitative estimate of drug-likeness (QED) is 0.361. The number of hydrogen-bond acceptors (Lipinski definition) is 0. The van der Waals surface area contributed by atoms with Crippen LogP contribution in [0.5, 0.6) is 0 Å². The van der Waals surface area contributed by atoms with E-state index in [1.165, 1.54) is 0 Å². The molecule has 0 heterocycles. The number of rotatable bonds is 0. The van der Waals surface area contributed by atoms with Gasteiger partial charge in [-0.1, -0.05) is 34.8 Å². The molecule has 0 fully saturated rings. The first kappa shape index (κ1) is 9.81. The molecule has 0 bridgehead atoms. The van der Waals surface area contributed by atoms with Crippen LogP contribution in [-0.4, -0.2) is 27.3 Å². The van der Waals surface area contributed by atoms with Gasteiger partial charge in [0.1, 0.15) is 0 Å². The largest absolute Gasteiger partial charge is 2.00 e. The van der Waals surface area contributed by atoms with Crippen molar-refractivity contribution in [3.05, 3.63) is 0 Å². The second-order valence-electron chi connectivity index (χ2n) is 0.247. The molecule has 0 aromatic heterocycles. The van der Waals surface area contributed by atoms with E-state index in [4.69, 9.17) is 34.8 Å². The Bertz CT molecular complexity index is 17.7. The molecule has 0 aliphatic carbocycles. The third-order valence-electron chi connectivity index (χ3n) is 0. The molecule has 0 saturated heterocycles. The molecule has 5 heavy (non-hydrogen) atoms. The molecule has 30 valence electrons. The molecule has 0 spiro atoms. The van der Waals surface area contributed by atoms with Crippen LogP contribution in [0.2, 0.25) is 0 Å². The van der Waals surface area contributed by atoms with E-state index in [0.29, 0.717) is 0 Å². The first-order valence-corrected chi connectivity index (χ1v) is 1.96. The average molecular weight is 146 g/mol. The molecule has 4 heteroatoms. The van der Waals surface area contributed by atoms with Gasteiger partial charge in [-0.25, -0.2) is 0 Å².